The van der Waals surface area contributed by atoms with Crippen molar-refractivity contribution in [1.29, 1.82) is 0 Å². The number of rotatable bonds is 5. The molecule has 1 fully saturated rings. The molecule has 1 aliphatic heterocycles. The van der Waals surface area contributed by atoms with Gasteiger partial charge >= 0.3 is 0 Å². The number of hydrogen-bond acceptors (Lipinski definition) is 3. The van der Waals surface area contributed by atoms with Gasteiger partial charge in [0.2, 0.25) is 0 Å². The third kappa shape index (κ3) is 6.00. The SMILES string of the molecule is CC.CC.CC(CNCC1CCNS1)C1CCc2cc3[nH]ccc3cc2C1. The summed E-state index contributed by atoms with van der Waals surface area (Å²) in [6, 6.07) is 6.97. The standard InChI is InChI=1S/C19H27N3S.2C2H6/c1-13(11-20-12-18-5-7-22-23-18)14-2-3-15-10-19-16(4-6-21-19)9-17(15)8-14;2*1-2/h4,6,9-10,13-14,18,20-22H,2-3,5,7-8,11-12H2,1H3;2*1-2H3. The van der Waals surface area contributed by atoms with E-state index in [1.54, 1.807) is 11.1 Å². The minimum absolute atomic E-state index is 0.754. The summed E-state index contributed by atoms with van der Waals surface area (Å²) in [4.78, 5) is 3.34. The van der Waals surface area contributed by atoms with E-state index in [0.29, 0.717) is 0 Å². The van der Waals surface area contributed by atoms with E-state index in [1.807, 2.05) is 39.6 Å². The van der Waals surface area contributed by atoms with E-state index in [4.69, 9.17) is 0 Å². The van der Waals surface area contributed by atoms with Crippen LogP contribution in [0.5, 0.6) is 0 Å². The monoisotopic (exact) mass is 389 g/mol. The molecule has 0 amide bonds. The minimum Gasteiger partial charge on any atom is -0.361 e. The number of hydrogen-bond donors (Lipinski definition) is 3. The number of aryl methyl sites for hydroxylation is 1. The summed E-state index contributed by atoms with van der Waals surface area (Å²) in [6.07, 6.45) is 7.17. The topological polar surface area (TPSA) is 39.8 Å². The molecule has 1 saturated heterocycles. The quantitative estimate of drug-likeness (QED) is 0.586. The highest BCUT2D eigenvalue weighted by Gasteiger charge is 2.24. The maximum atomic E-state index is 3.71. The maximum Gasteiger partial charge on any atom is 0.0456 e. The van der Waals surface area contributed by atoms with Gasteiger partial charge in [-0.05, 0) is 78.8 Å². The highest BCUT2D eigenvalue weighted by molar-refractivity contribution is 7.98. The molecule has 0 bridgehead atoms. The second-order valence-electron chi connectivity index (χ2n) is 7.25. The Balaban J connectivity index is 0.000000614. The molecule has 3 N–H and O–H groups in total. The third-order valence-corrected chi connectivity index (χ3v) is 6.71. The number of aromatic nitrogens is 1. The van der Waals surface area contributed by atoms with E-state index < -0.39 is 0 Å². The van der Waals surface area contributed by atoms with Crippen molar-refractivity contribution in [2.75, 3.05) is 19.6 Å². The Kier molecular flexibility index (Phi) is 9.74. The van der Waals surface area contributed by atoms with Crippen LogP contribution in [-0.4, -0.2) is 29.9 Å². The van der Waals surface area contributed by atoms with Crippen molar-refractivity contribution >= 4 is 22.9 Å². The minimum atomic E-state index is 0.754. The summed E-state index contributed by atoms with van der Waals surface area (Å²) in [6.45, 7) is 13.9. The lowest BCUT2D eigenvalue weighted by Gasteiger charge is -2.30. The highest BCUT2D eigenvalue weighted by Crippen LogP contribution is 2.32. The van der Waals surface area contributed by atoms with Gasteiger partial charge in [0.15, 0.2) is 0 Å². The Morgan fingerprint density at radius 1 is 1.15 bits per heavy atom. The van der Waals surface area contributed by atoms with Crippen LogP contribution in [0.25, 0.3) is 10.9 Å². The Morgan fingerprint density at radius 2 is 1.96 bits per heavy atom. The summed E-state index contributed by atoms with van der Waals surface area (Å²) >= 11 is 1.91. The van der Waals surface area contributed by atoms with Crippen molar-refractivity contribution < 1.29 is 0 Å². The molecule has 1 aromatic heterocycles. The molecule has 4 rings (SSSR count). The van der Waals surface area contributed by atoms with Crippen LogP contribution in [0.15, 0.2) is 24.4 Å². The molecule has 2 aromatic rings. The van der Waals surface area contributed by atoms with Crippen LogP contribution in [0, 0.1) is 11.8 Å². The first kappa shape index (κ1) is 22.3. The van der Waals surface area contributed by atoms with E-state index in [1.165, 1.54) is 43.1 Å². The van der Waals surface area contributed by atoms with Crippen LogP contribution < -0.4 is 10.0 Å². The number of aromatic amines is 1. The lowest BCUT2D eigenvalue weighted by atomic mass is 9.77. The summed E-state index contributed by atoms with van der Waals surface area (Å²) in [5, 5.41) is 5.83. The first-order valence-corrected chi connectivity index (χ1v) is 11.9. The van der Waals surface area contributed by atoms with Crippen molar-refractivity contribution in [3.8, 4) is 0 Å². The first-order valence-electron chi connectivity index (χ1n) is 11.0. The molecule has 3 unspecified atom stereocenters. The first-order chi connectivity index (χ1) is 13.3. The second-order valence-corrected chi connectivity index (χ2v) is 8.44. The second kappa shape index (κ2) is 11.8. The van der Waals surface area contributed by atoms with Crippen molar-refractivity contribution in [1.82, 2.24) is 15.0 Å². The fraction of sp³-hybridized carbons (Fsp3) is 0.652. The molecule has 3 nitrogen and oxygen atoms in total. The Labute approximate surface area is 170 Å². The Bertz CT molecular complexity index is 661. The van der Waals surface area contributed by atoms with Crippen molar-refractivity contribution in [3.63, 3.8) is 0 Å². The van der Waals surface area contributed by atoms with Gasteiger partial charge in [-0.25, -0.2) is 0 Å². The van der Waals surface area contributed by atoms with Crippen LogP contribution in [-0.2, 0) is 12.8 Å². The Morgan fingerprint density at radius 3 is 2.70 bits per heavy atom. The van der Waals surface area contributed by atoms with Crippen LogP contribution in [0.3, 0.4) is 0 Å². The largest absolute Gasteiger partial charge is 0.361 e. The van der Waals surface area contributed by atoms with Crippen LogP contribution in [0.1, 0.15) is 58.6 Å². The average Bonchev–Trinajstić information content (AvgIpc) is 3.40. The molecule has 1 aliphatic carbocycles. The predicted octanol–water partition coefficient (Wildman–Crippen LogP) is 5.56. The van der Waals surface area contributed by atoms with Gasteiger partial charge < -0.3 is 10.3 Å². The predicted molar refractivity (Wildman–Crippen MR) is 123 cm³/mol. The van der Waals surface area contributed by atoms with Crippen molar-refractivity contribution in [2.24, 2.45) is 11.8 Å². The molecule has 0 radical (unpaired) electrons. The van der Waals surface area contributed by atoms with E-state index in [9.17, 15) is 0 Å². The van der Waals surface area contributed by atoms with Crippen LogP contribution in [0.2, 0.25) is 0 Å². The summed E-state index contributed by atoms with van der Waals surface area (Å²) in [5.41, 5.74) is 4.43. The van der Waals surface area contributed by atoms with E-state index in [2.05, 4.69) is 46.3 Å². The summed E-state index contributed by atoms with van der Waals surface area (Å²) in [5.74, 6) is 1.57. The smallest absolute Gasteiger partial charge is 0.0456 e. The molecule has 152 valence electrons. The van der Waals surface area contributed by atoms with Gasteiger partial charge in [0.05, 0.1) is 0 Å². The summed E-state index contributed by atoms with van der Waals surface area (Å²) < 4.78 is 3.37. The summed E-state index contributed by atoms with van der Waals surface area (Å²) in [7, 11) is 0. The molecule has 2 heterocycles. The number of nitrogens with one attached hydrogen (secondary N) is 3. The molecule has 0 spiro atoms. The fourth-order valence-electron chi connectivity index (χ4n) is 4.06. The van der Waals surface area contributed by atoms with Crippen LogP contribution in [0.4, 0.5) is 0 Å². The lowest BCUT2D eigenvalue weighted by molar-refractivity contribution is 0.309. The molecule has 4 heteroatoms. The number of H-pyrrole nitrogens is 1. The van der Waals surface area contributed by atoms with Gasteiger partial charge in [-0.2, -0.15) is 0 Å². The fourth-order valence-corrected chi connectivity index (χ4v) is 4.97. The van der Waals surface area contributed by atoms with Gasteiger partial charge in [-0.3, -0.25) is 4.72 Å². The molecule has 27 heavy (non-hydrogen) atoms. The Hall–Kier alpha value is -0.970. The van der Waals surface area contributed by atoms with Gasteiger partial charge in [-0.15, -0.1) is 0 Å². The molecule has 2 aliphatic rings. The third-order valence-electron chi connectivity index (χ3n) is 5.60. The molecular formula is C23H39N3S. The van der Waals surface area contributed by atoms with Gasteiger partial charge in [-0.1, -0.05) is 46.6 Å². The van der Waals surface area contributed by atoms with Crippen molar-refractivity contribution in [3.05, 3.63) is 35.5 Å². The number of benzene rings is 1. The zero-order valence-electron chi connectivity index (χ0n) is 17.9. The maximum absolute atomic E-state index is 3.71. The molecular weight excluding hydrogens is 350 g/mol. The zero-order chi connectivity index (χ0) is 19.6. The van der Waals surface area contributed by atoms with Gasteiger partial charge in [0, 0.05) is 30.1 Å². The highest BCUT2D eigenvalue weighted by atomic mass is 32.2. The van der Waals surface area contributed by atoms with E-state index in [0.717, 1.165) is 30.2 Å². The zero-order valence-corrected chi connectivity index (χ0v) is 18.7. The molecule has 1 aromatic carbocycles. The molecule has 3 atom stereocenters. The number of fused-ring (bicyclic) bond motifs is 2. The molecule has 0 saturated carbocycles. The normalized spacial score (nSPS) is 22.3. The van der Waals surface area contributed by atoms with E-state index >= 15 is 0 Å². The average molecular weight is 390 g/mol. The lowest BCUT2D eigenvalue weighted by Crippen LogP contribution is -2.32. The van der Waals surface area contributed by atoms with Crippen molar-refractivity contribution in [2.45, 2.75) is 65.6 Å². The van der Waals surface area contributed by atoms with Crippen LogP contribution >= 0.6 is 11.9 Å². The van der Waals surface area contributed by atoms with E-state index in [-0.39, 0.29) is 0 Å². The van der Waals surface area contributed by atoms with Gasteiger partial charge in [0.1, 0.15) is 0 Å². The van der Waals surface area contributed by atoms with Gasteiger partial charge in [0.25, 0.3) is 0 Å².